The Bertz CT molecular complexity index is 584. The quantitative estimate of drug-likeness (QED) is 0.845. The zero-order valence-corrected chi connectivity index (χ0v) is 13.0. The molecule has 0 amide bonds. The van der Waals surface area contributed by atoms with Crippen molar-refractivity contribution in [2.24, 2.45) is 0 Å². The maximum atomic E-state index is 13.8. The molecule has 0 heterocycles. The van der Waals surface area contributed by atoms with E-state index in [0.29, 0.717) is 28.9 Å². The van der Waals surface area contributed by atoms with Crippen LogP contribution in [0.1, 0.15) is 25.0 Å². The Balaban J connectivity index is 2.01. The SMILES string of the molecule is CC(C)NCc1ccc(F)c(COc2ccc(Cl)cc2)c1. The molecule has 21 heavy (non-hydrogen) atoms. The smallest absolute Gasteiger partial charge is 0.129 e. The van der Waals surface area contributed by atoms with Gasteiger partial charge in [0, 0.05) is 23.2 Å². The van der Waals surface area contributed by atoms with E-state index < -0.39 is 0 Å². The molecule has 0 aromatic heterocycles. The fourth-order valence-corrected chi connectivity index (χ4v) is 1.99. The second-order valence-electron chi connectivity index (χ2n) is 5.20. The average Bonchev–Trinajstić information content (AvgIpc) is 2.46. The van der Waals surface area contributed by atoms with Gasteiger partial charge in [0.1, 0.15) is 18.2 Å². The van der Waals surface area contributed by atoms with Crippen LogP contribution in [-0.4, -0.2) is 6.04 Å². The third-order valence-electron chi connectivity index (χ3n) is 3.03. The second-order valence-corrected chi connectivity index (χ2v) is 5.64. The Morgan fingerprint density at radius 3 is 2.52 bits per heavy atom. The summed E-state index contributed by atoms with van der Waals surface area (Å²) in [7, 11) is 0. The third-order valence-corrected chi connectivity index (χ3v) is 3.28. The van der Waals surface area contributed by atoms with Crippen LogP contribution in [0.2, 0.25) is 5.02 Å². The lowest BCUT2D eigenvalue weighted by Gasteiger charge is -2.11. The zero-order valence-electron chi connectivity index (χ0n) is 12.2. The first kappa shape index (κ1) is 15.8. The van der Waals surface area contributed by atoms with Crippen LogP contribution in [0.25, 0.3) is 0 Å². The molecule has 0 saturated heterocycles. The number of hydrogen-bond acceptors (Lipinski definition) is 2. The Labute approximate surface area is 129 Å². The normalized spacial score (nSPS) is 10.9. The standard InChI is InChI=1S/C17H19ClFNO/c1-12(2)20-10-13-3-8-17(19)14(9-13)11-21-16-6-4-15(18)5-7-16/h3-9,12,20H,10-11H2,1-2H3. The van der Waals surface area contributed by atoms with Gasteiger partial charge in [0.25, 0.3) is 0 Å². The summed E-state index contributed by atoms with van der Waals surface area (Å²) in [6, 6.07) is 12.5. The molecule has 2 aromatic carbocycles. The maximum Gasteiger partial charge on any atom is 0.129 e. The fraction of sp³-hybridized carbons (Fsp3) is 0.294. The molecule has 0 atom stereocenters. The van der Waals surface area contributed by atoms with Crippen LogP contribution in [0.4, 0.5) is 4.39 Å². The van der Waals surface area contributed by atoms with Gasteiger partial charge in [0.2, 0.25) is 0 Å². The molecule has 0 aliphatic heterocycles. The Kier molecular flexibility index (Phi) is 5.59. The molecule has 0 aliphatic carbocycles. The minimum atomic E-state index is -0.253. The summed E-state index contributed by atoms with van der Waals surface area (Å²) in [6.07, 6.45) is 0. The first-order valence-corrected chi connectivity index (χ1v) is 7.31. The van der Waals surface area contributed by atoms with Gasteiger partial charge in [-0.2, -0.15) is 0 Å². The summed E-state index contributed by atoms with van der Waals surface area (Å²) in [5.74, 6) is 0.418. The number of halogens is 2. The fourth-order valence-electron chi connectivity index (χ4n) is 1.86. The van der Waals surface area contributed by atoms with Crippen molar-refractivity contribution in [2.45, 2.75) is 33.0 Å². The van der Waals surface area contributed by atoms with Gasteiger partial charge in [-0.25, -0.2) is 4.39 Å². The zero-order chi connectivity index (χ0) is 15.2. The predicted octanol–water partition coefficient (Wildman–Crippen LogP) is 4.56. The summed E-state index contributed by atoms with van der Waals surface area (Å²) in [4.78, 5) is 0. The Morgan fingerprint density at radius 2 is 1.86 bits per heavy atom. The molecular weight excluding hydrogens is 289 g/mol. The molecule has 2 aromatic rings. The van der Waals surface area contributed by atoms with Crippen LogP contribution in [0.15, 0.2) is 42.5 Å². The Morgan fingerprint density at radius 1 is 1.14 bits per heavy atom. The van der Waals surface area contributed by atoms with Crippen molar-refractivity contribution in [3.63, 3.8) is 0 Å². The van der Waals surface area contributed by atoms with Gasteiger partial charge in [-0.15, -0.1) is 0 Å². The number of nitrogens with one attached hydrogen (secondary N) is 1. The van der Waals surface area contributed by atoms with Gasteiger partial charge in [-0.3, -0.25) is 0 Å². The van der Waals surface area contributed by atoms with Crippen molar-refractivity contribution >= 4 is 11.6 Å². The molecule has 0 fully saturated rings. The van der Waals surface area contributed by atoms with Gasteiger partial charge < -0.3 is 10.1 Å². The first-order valence-electron chi connectivity index (χ1n) is 6.93. The highest BCUT2D eigenvalue weighted by molar-refractivity contribution is 6.30. The molecule has 0 bridgehead atoms. The van der Waals surface area contributed by atoms with E-state index in [0.717, 1.165) is 5.56 Å². The van der Waals surface area contributed by atoms with E-state index in [-0.39, 0.29) is 12.4 Å². The van der Waals surface area contributed by atoms with Gasteiger partial charge in [-0.1, -0.05) is 31.5 Å². The second kappa shape index (κ2) is 7.43. The lowest BCUT2D eigenvalue weighted by molar-refractivity contribution is 0.299. The molecule has 1 N–H and O–H groups in total. The van der Waals surface area contributed by atoms with Crippen molar-refractivity contribution in [2.75, 3.05) is 0 Å². The monoisotopic (exact) mass is 307 g/mol. The minimum Gasteiger partial charge on any atom is -0.489 e. The molecule has 2 nitrogen and oxygen atoms in total. The molecule has 2 rings (SSSR count). The highest BCUT2D eigenvalue weighted by atomic mass is 35.5. The number of hydrogen-bond donors (Lipinski definition) is 1. The molecule has 0 aliphatic rings. The molecule has 0 spiro atoms. The van der Waals surface area contributed by atoms with E-state index in [1.165, 1.54) is 6.07 Å². The summed E-state index contributed by atoms with van der Waals surface area (Å²) in [5, 5.41) is 3.96. The van der Waals surface area contributed by atoms with Gasteiger partial charge >= 0.3 is 0 Å². The number of benzene rings is 2. The van der Waals surface area contributed by atoms with Crippen molar-refractivity contribution in [3.05, 3.63) is 64.4 Å². The molecule has 112 valence electrons. The van der Waals surface area contributed by atoms with E-state index in [4.69, 9.17) is 16.3 Å². The highest BCUT2D eigenvalue weighted by Crippen LogP contribution is 2.18. The maximum absolute atomic E-state index is 13.8. The number of rotatable bonds is 6. The Hall–Kier alpha value is -1.58. The van der Waals surface area contributed by atoms with Crippen molar-refractivity contribution in [3.8, 4) is 5.75 Å². The van der Waals surface area contributed by atoms with Crippen molar-refractivity contribution in [1.82, 2.24) is 5.32 Å². The van der Waals surface area contributed by atoms with Crippen LogP contribution in [0.5, 0.6) is 5.75 Å². The van der Waals surface area contributed by atoms with E-state index in [1.807, 2.05) is 6.07 Å². The van der Waals surface area contributed by atoms with E-state index >= 15 is 0 Å². The van der Waals surface area contributed by atoms with E-state index in [1.54, 1.807) is 30.3 Å². The van der Waals surface area contributed by atoms with Crippen LogP contribution in [0, 0.1) is 5.82 Å². The highest BCUT2D eigenvalue weighted by Gasteiger charge is 2.05. The van der Waals surface area contributed by atoms with Crippen molar-refractivity contribution < 1.29 is 9.13 Å². The lowest BCUT2D eigenvalue weighted by Crippen LogP contribution is -2.21. The molecular formula is C17H19ClFNO. The van der Waals surface area contributed by atoms with Gasteiger partial charge in [0.05, 0.1) is 0 Å². The van der Waals surface area contributed by atoms with E-state index in [9.17, 15) is 4.39 Å². The van der Waals surface area contributed by atoms with E-state index in [2.05, 4.69) is 19.2 Å². The lowest BCUT2D eigenvalue weighted by atomic mass is 10.1. The van der Waals surface area contributed by atoms with Crippen LogP contribution in [0.3, 0.4) is 0 Å². The van der Waals surface area contributed by atoms with Crippen LogP contribution < -0.4 is 10.1 Å². The van der Waals surface area contributed by atoms with Gasteiger partial charge in [-0.05, 0) is 42.0 Å². The molecule has 0 unspecified atom stereocenters. The first-order chi connectivity index (χ1) is 10.0. The summed E-state index contributed by atoms with van der Waals surface area (Å²) in [6.45, 7) is 5.07. The average molecular weight is 308 g/mol. The molecule has 0 saturated carbocycles. The van der Waals surface area contributed by atoms with Crippen LogP contribution in [-0.2, 0) is 13.2 Å². The predicted molar refractivity (Wildman–Crippen MR) is 84.2 cm³/mol. The number of ether oxygens (including phenoxy) is 1. The molecule has 0 radical (unpaired) electrons. The summed E-state index contributed by atoms with van der Waals surface area (Å²) >= 11 is 5.81. The third kappa shape index (κ3) is 5.03. The largest absolute Gasteiger partial charge is 0.489 e. The van der Waals surface area contributed by atoms with Gasteiger partial charge in [0.15, 0.2) is 0 Å². The van der Waals surface area contributed by atoms with Crippen molar-refractivity contribution in [1.29, 1.82) is 0 Å². The minimum absolute atomic E-state index is 0.197. The summed E-state index contributed by atoms with van der Waals surface area (Å²) in [5.41, 5.74) is 1.59. The topological polar surface area (TPSA) is 21.3 Å². The summed E-state index contributed by atoms with van der Waals surface area (Å²) < 4.78 is 19.4. The molecule has 4 heteroatoms. The van der Waals surface area contributed by atoms with Crippen LogP contribution >= 0.6 is 11.6 Å².